The second kappa shape index (κ2) is 45.3. The molecule has 6 amide bonds. The van der Waals surface area contributed by atoms with Gasteiger partial charge in [0.15, 0.2) is 55.5 Å². The zero-order chi connectivity index (χ0) is 91.0. The quantitative estimate of drug-likeness (QED) is 0.0215. The Morgan fingerprint density at radius 1 is 0.380 bits per heavy atom. The van der Waals surface area contributed by atoms with Crippen molar-refractivity contribution in [2.75, 3.05) is 13.1 Å². The number of hydrogen-bond acceptors (Lipinski definition) is 34. The molecule has 19 atom stereocenters. The summed E-state index contributed by atoms with van der Waals surface area (Å²) in [4.78, 5) is 180. The van der Waals surface area contributed by atoms with E-state index in [-0.39, 0.29) is 18.7 Å². The zero-order valence-electron chi connectivity index (χ0n) is 74.6. The maximum Gasteiger partial charge on any atom is 0.408 e. The van der Waals surface area contributed by atoms with E-state index in [0.717, 1.165) is 80.1 Å². The lowest BCUT2D eigenvalue weighted by Gasteiger charge is -2.50. The van der Waals surface area contributed by atoms with Crippen LogP contribution in [0.5, 0.6) is 0 Å². The third kappa shape index (κ3) is 37.2. The number of esters is 7. The fourth-order valence-corrected chi connectivity index (χ4v) is 13.3. The number of carbonyl (C=O) groups excluding carboxylic acids is 13. The highest BCUT2D eigenvalue weighted by atomic mass is 16.8. The van der Waals surface area contributed by atoms with Crippen LogP contribution in [0, 0.1) is 0 Å². The number of ether oxygens (including phenoxy) is 19. The highest BCUT2D eigenvalue weighted by molar-refractivity contribution is 5.73. The molecule has 121 heavy (non-hydrogen) atoms. The number of hydrogen-bond donors (Lipinski definition) is 6. The molecule has 6 N–H and O–H groups in total. The monoisotopic (exact) mass is 1730 g/mol. The third-order valence-electron chi connectivity index (χ3n) is 17.5. The van der Waals surface area contributed by atoms with Crippen LogP contribution < -0.4 is 31.9 Å². The van der Waals surface area contributed by atoms with Crippen molar-refractivity contribution < 1.29 is 152 Å². The number of rotatable bonds is 34. The molecular weight excluding hydrogens is 1600 g/mol. The Labute approximate surface area is 706 Å². The number of amides is 6. The van der Waals surface area contributed by atoms with Crippen molar-refractivity contribution >= 4 is 78.3 Å². The van der Waals surface area contributed by atoms with E-state index >= 15 is 0 Å². The van der Waals surface area contributed by atoms with E-state index in [1.807, 2.05) is 0 Å². The number of aromatic nitrogens is 3. The van der Waals surface area contributed by atoms with E-state index in [4.69, 9.17) is 90.0 Å². The zero-order valence-corrected chi connectivity index (χ0v) is 74.6. The van der Waals surface area contributed by atoms with Gasteiger partial charge in [-0.15, -0.1) is 5.10 Å². The molecule has 1 aromatic rings. The molecule has 4 aliphatic rings. The van der Waals surface area contributed by atoms with Gasteiger partial charge in [0, 0.05) is 48.0 Å². The molecular formula is C80H131N9O32. The van der Waals surface area contributed by atoms with Crippen LogP contribution in [0.1, 0.15) is 249 Å². The van der Waals surface area contributed by atoms with Crippen molar-refractivity contribution in [3.63, 3.8) is 0 Å². The van der Waals surface area contributed by atoms with E-state index in [9.17, 15) is 62.3 Å². The van der Waals surface area contributed by atoms with E-state index in [1.165, 1.54) is 65.3 Å². The first kappa shape index (κ1) is 102. The molecule has 0 bridgehead atoms. The number of unbranched alkanes of at least 4 members (excludes halogenated alkanes) is 8. The van der Waals surface area contributed by atoms with Gasteiger partial charge in [0.05, 0.1) is 37.9 Å². The van der Waals surface area contributed by atoms with Gasteiger partial charge >= 0.3 is 78.3 Å². The molecule has 5 rings (SSSR count). The van der Waals surface area contributed by atoms with E-state index in [2.05, 4.69) is 49.1 Å². The van der Waals surface area contributed by atoms with Crippen LogP contribution in [0.25, 0.3) is 0 Å². The number of nitrogens with one attached hydrogen (secondary N) is 6. The van der Waals surface area contributed by atoms with Gasteiger partial charge in [-0.2, -0.15) is 0 Å². The van der Waals surface area contributed by atoms with Crippen LogP contribution in [-0.2, 0) is 137 Å². The van der Waals surface area contributed by atoms with Crippen LogP contribution >= 0.6 is 0 Å². The highest BCUT2D eigenvalue weighted by Gasteiger charge is 2.61. The van der Waals surface area contributed by atoms with Crippen molar-refractivity contribution in [1.82, 2.24) is 46.9 Å². The standard InChI is InChI=1S/C80H131N9O32/c1-26-27-28-29-30-31-32-33-34-35-54(96)103-41-48-39-89(88-87-48)40-53-61(114-67-56(86-74(102)121-80(23,24)25)63(108-46(6)94)60(106-44(4)92)52(111-67)38-82-70(98)117-76(11,12)13)65(109-47(7)95)68(112-53)115-64-57(104-42(2)90)49(83-71(99)118-77(14,15)16)36-50(84-72(100)119-78(17,18)19)58(64)113-66-55(85-73(101)120-79(20,21)22)62(107-45(5)93)59(105-43(3)91)51(110-66)37-81-69(97)116-75(8,9)10/h39,49-53,55-68H,26-38,40-41H2,1-25H3,(H,81,97)(H,82,98)(H,83,99)(H,84,100)(H,85,101)(H,86,102)/t49-,50+,51-,52+,53-,55-,56-,57+,58-,59-,60-,61-,62-,63-,64-,65-,66-,67-,68+/m1/s1. The van der Waals surface area contributed by atoms with Gasteiger partial charge < -0.3 is 122 Å². The summed E-state index contributed by atoms with van der Waals surface area (Å²) in [5.74, 6) is -6.69. The number of alkyl carbamates (subject to hydrolysis) is 6. The fraction of sp³-hybridized carbons (Fsp3) is 0.812. The van der Waals surface area contributed by atoms with Gasteiger partial charge in [0.1, 0.15) is 94.6 Å². The van der Waals surface area contributed by atoms with E-state index in [1.54, 1.807) is 83.1 Å². The Balaban J connectivity index is 1.89. The smallest absolute Gasteiger partial charge is 0.408 e. The molecule has 688 valence electrons. The summed E-state index contributed by atoms with van der Waals surface area (Å²) >= 11 is 0. The average Bonchev–Trinajstić information content (AvgIpc) is 1.73. The molecule has 4 fully saturated rings. The lowest BCUT2D eigenvalue weighted by Crippen LogP contribution is -2.71. The molecule has 1 aliphatic carbocycles. The van der Waals surface area contributed by atoms with E-state index < -0.39 is 254 Å². The number of nitrogens with zero attached hydrogens (tertiary/aromatic N) is 3. The Kier molecular flexibility index (Phi) is 38.3. The summed E-state index contributed by atoms with van der Waals surface area (Å²) in [7, 11) is 0. The lowest BCUT2D eigenvalue weighted by atomic mass is 9.83. The van der Waals surface area contributed by atoms with Crippen LogP contribution in [-0.4, -0.2) is 256 Å². The summed E-state index contributed by atoms with van der Waals surface area (Å²) in [5.41, 5.74) is -7.01. The Bertz CT molecular complexity index is 3630. The van der Waals surface area contributed by atoms with E-state index in [0.29, 0.717) is 6.42 Å². The lowest BCUT2D eigenvalue weighted by molar-refractivity contribution is -0.313. The highest BCUT2D eigenvalue weighted by Crippen LogP contribution is 2.40. The second-order valence-electron chi connectivity index (χ2n) is 35.9. The predicted octanol–water partition coefficient (Wildman–Crippen LogP) is 8.19. The first-order valence-electron chi connectivity index (χ1n) is 40.9. The van der Waals surface area contributed by atoms with Gasteiger partial charge in [-0.1, -0.05) is 63.5 Å². The first-order chi connectivity index (χ1) is 55.9. The molecule has 0 radical (unpaired) electrons. The van der Waals surface area contributed by atoms with Crippen molar-refractivity contribution in [2.45, 2.75) is 407 Å². The molecule has 3 aliphatic heterocycles. The van der Waals surface area contributed by atoms with Gasteiger partial charge in [-0.25, -0.2) is 33.4 Å². The molecule has 0 aromatic carbocycles. The molecule has 0 unspecified atom stereocenters. The number of carbonyl (C=O) groups is 13. The SMILES string of the molecule is CCCCCCCCCCCC(=O)OCc1cn(C[C@H]2O[C@@H](O[C@@H]3[C@@H](OC(C)=O)[C@H](NC(=O)OC(C)(C)C)C[C@H](NC(=O)OC(C)(C)C)[C@H]3O[C@H]3O[C@H](CNC(=O)OC(C)(C)C)[C@@H](OC(C)=O)[C@H](OC(C)=O)[C@H]3NC(=O)OC(C)(C)C)[C@H](OC(C)=O)[C@@H]2O[C@H]2O[C@@H](CNC(=O)OC(C)(C)C)[C@@H](OC(C)=O)[C@H](OC(C)=O)[C@H]2NC(=O)OC(C)(C)C)nn1. The van der Waals surface area contributed by atoms with Crippen molar-refractivity contribution in [3.05, 3.63) is 11.9 Å². The van der Waals surface area contributed by atoms with Gasteiger partial charge in [0.2, 0.25) is 0 Å². The van der Waals surface area contributed by atoms with Crippen molar-refractivity contribution in [3.8, 4) is 0 Å². The average molecular weight is 1730 g/mol. The van der Waals surface area contributed by atoms with Crippen LogP contribution in [0.3, 0.4) is 0 Å². The fourth-order valence-electron chi connectivity index (χ4n) is 13.3. The molecule has 1 aromatic heterocycles. The van der Waals surface area contributed by atoms with Gasteiger partial charge in [-0.3, -0.25) is 33.6 Å². The van der Waals surface area contributed by atoms with Crippen molar-refractivity contribution in [1.29, 1.82) is 0 Å². The molecule has 0 spiro atoms. The largest absolute Gasteiger partial charge is 0.459 e. The summed E-state index contributed by atoms with van der Waals surface area (Å²) in [6.45, 7) is 33.9. The van der Waals surface area contributed by atoms with Crippen LogP contribution in [0.4, 0.5) is 28.8 Å². The third-order valence-corrected chi connectivity index (χ3v) is 17.5. The topological polar surface area (TPSA) is 500 Å². The molecule has 3 saturated heterocycles. The van der Waals surface area contributed by atoms with Crippen molar-refractivity contribution in [2.24, 2.45) is 0 Å². The summed E-state index contributed by atoms with van der Waals surface area (Å²) in [6.07, 6.45) is -25.4. The Hall–Kier alpha value is -9.19. The summed E-state index contributed by atoms with van der Waals surface area (Å²) in [5, 5.41) is 24.4. The molecule has 41 heteroatoms. The Morgan fingerprint density at radius 2 is 0.711 bits per heavy atom. The van der Waals surface area contributed by atoms with Gasteiger partial charge in [-0.05, 0) is 137 Å². The Morgan fingerprint density at radius 3 is 1.11 bits per heavy atom. The first-order valence-corrected chi connectivity index (χ1v) is 40.9. The van der Waals surface area contributed by atoms with Gasteiger partial charge in [0.25, 0.3) is 0 Å². The minimum Gasteiger partial charge on any atom is -0.459 e. The maximum absolute atomic E-state index is 14.7. The predicted molar refractivity (Wildman–Crippen MR) is 421 cm³/mol. The molecule has 4 heterocycles. The normalized spacial score (nSPS) is 26.3. The van der Waals surface area contributed by atoms with Crippen LogP contribution in [0.15, 0.2) is 6.20 Å². The van der Waals surface area contributed by atoms with Crippen LogP contribution in [0.2, 0.25) is 0 Å². The summed E-state index contributed by atoms with van der Waals surface area (Å²) in [6, 6.07) is -7.04. The minimum absolute atomic E-state index is 0.111. The summed E-state index contributed by atoms with van der Waals surface area (Å²) < 4.78 is 119. The maximum atomic E-state index is 14.7. The molecule has 41 nitrogen and oxygen atoms in total. The minimum atomic E-state index is -2.18. The second-order valence-corrected chi connectivity index (χ2v) is 35.9. The molecule has 1 saturated carbocycles.